The Morgan fingerprint density at radius 3 is 1.05 bits per heavy atom. The fourth-order valence-electron chi connectivity index (χ4n) is 11.5. The molecule has 8 aromatic rings. The number of aromatic nitrogens is 6. The summed E-state index contributed by atoms with van der Waals surface area (Å²) in [6, 6.07) is 40.2. The number of H-pyrrole nitrogens is 3. The first-order valence-electron chi connectivity index (χ1n) is 36.7. The van der Waals surface area contributed by atoms with E-state index in [-0.39, 0.29) is 36.2 Å². The molecule has 6 N–H and O–H groups in total. The number of imidazole rings is 3. The third-order valence-electron chi connectivity index (χ3n) is 16.9. The predicted octanol–water partition coefficient (Wildman–Crippen LogP) is 20.7. The first-order chi connectivity index (χ1) is 50.3. The van der Waals surface area contributed by atoms with Gasteiger partial charge in [0.25, 0.3) is 0 Å². The Hall–Kier alpha value is -5.83. The average Bonchev–Trinajstić information content (AvgIpc) is 1.69. The number of ketones is 2. The van der Waals surface area contributed by atoms with E-state index in [2.05, 4.69) is 199 Å². The Morgan fingerprint density at radius 2 is 0.750 bits per heavy atom. The number of aliphatic hydroxyl groups excluding tert-OH is 1. The van der Waals surface area contributed by atoms with Crippen LogP contribution in [0.1, 0.15) is 203 Å². The van der Waals surface area contributed by atoms with Crippen LogP contribution in [0.5, 0.6) is 0 Å². The fraction of sp³-hybridized carbons (Fsp3) is 0.469. The molecule has 5 aliphatic rings. The van der Waals surface area contributed by atoms with Crippen LogP contribution >= 0.6 is 79.6 Å². The maximum Gasteiger partial charge on any atom is 0.323 e. The average molecular weight is 1760 g/mol. The SMILES string of the molecule is Brc1ccc(-c2cnc([C@@H]3CCCN3)[nH]2)cc1.CC.CC.CC.CC.CC.CCC(=O)c1ccc(Br)cc1.CN1CCC[C@H]1C(=O)O.CN1CCC[C@H]1C(=O)OCC(=O)c1ccc(Br)cc1.CN1CCC[C@H]1c1ncc(-c2ccc(Br)cc2)[nH]1.CN1CCC[C@H]1c1ncc(-c2ccc(Br)cc2)[nH]1.CO. The Bertz CT molecular complexity index is 3510. The number of aromatic amines is 3. The van der Waals surface area contributed by atoms with Gasteiger partial charge in [-0.2, -0.15) is 0 Å². The molecule has 23 heteroatoms. The summed E-state index contributed by atoms with van der Waals surface area (Å²) in [5.41, 5.74) is 8.14. The number of likely N-dealkylation sites (tertiary alicyclic amines) is 4. The lowest BCUT2D eigenvalue weighted by atomic mass is 10.1. The number of aliphatic carboxylic acids is 1. The number of benzene rings is 5. The molecule has 5 aromatic carbocycles. The highest BCUT2D eigenvalue weighted by Crippen LogP contribution is 2.33. The zero-order valence-electron chi connectivity index (χ0n) is 64.1. The van der Waals surface area contributed by atoms with E-state index in [0.29, 0.717) is 30.1 Å². The quantitative estimate of drug-likeness (QED) is 0.0466. The number of carbonyl (C=O) groups is 4. The first-order valence-corrected chi connectivity index (χ1v) is 40.7. The van der Waals surface area contributed by atoms with Crippen molar-refractivity contribution in [3.05, 3.63) is 191 Å². The number of ether oxygens (including phenoxy) is 1. The summed E-state index contributed by atoms with van der Waals surface area (Å²) in [6.07, 6.45) is 17.3. The molecule has 5 atom stereocenters. The van der Waals surface area contributed by atoms with Crippen molar-refractivity contribution in [3.63, 3.8) is 0 Å². The van der Waals surface area contributed by atoms with Gasteiger partial charge < -0.3 is 35.2 Å². The van der Waals surface area contributed by atoms with Crippen molar-refractivity contribution < 1.29 is 34.1 Å². The van der Waals surface area contributed by atoms with E-state index < -0.39 is 5.97 Å². The molecular weight excluding hydrogens is 1640 g/mol. The Balaban J connectivity index is 0.000000417. The van der Waals surface area contributed by atoms with Crippen molar-refractivity contribution in [3.8, 4) is 33.8 Å². The lowest BCUT2D eigenvalue weighted by Crippen LogP contribution is -2.35. The lowest BCUT2D eigenvalue weighted by Gasteiger charge is -2.17. The van der Waals surface area contributed by atoms with Crippen molar-refractivity contribution in [2.45, 2.75) is 177 Å². The Labute approximate surface area is 663 Å². The van der Waals surface area contributed by atoms with Crippen LogP contribution in [0.15, 0.2) is 162 Å². The molecule has 0 unspecified atom stereocenters. The third kappa shape index (κ3) is 31.9. The van der Waals surface area contributed by atoms with Gasteiger partial charge in [0.05, 0.1) is 53.8 Å². The minimum absolute atomic E-state index is 0.179. The number of esters is 1. The maximum atomic E-state index is 11.9. The number of nitrogens with zero attached hydrogens (tertiary/aromatic N) is 7. The number of aliphatic hydroxyl groups is 1. The Kier molecular flexibility index (Phi) is 48.8. The molecule has 3 aromatic heterocycles. The fourth-order valence-corrected chi connectivity index (χ4v) is 12.8. The van der Waals surface area contributed by atoms with E-state index in [4.69, 9.17) is 14.9 Å². The van der Waals surface area contributed by atoms with E-state index in [0.717, 1.165) is 115 Å². The van der Waals surface area contributed by atoms with Crippen LogP contribution < -0.4 is 5.32 Å². The number of halogens is 5. The topological polar surface area (TPSA) is 229 Å². The first kappa shape index (κ1) is 94.3. The molecule has 13 rings (SSSR count). The highest BCUT2D eigenvalue weighted by molar-refractivity contribution is 9.11. The smallest absolute Gasteiger partial charge is 0.323 e. The van der Waals surface area contributed by atoms with Crippen molar-refractivity contribution in [2.75, 3.05) is 74.6 Å². The molecule has 0 radical (unpaired) electrons. The van der Waals surface area contributed by atoms with E-state index in [1.54, 1.807) is 24.3 Å². The van der Waals surface area contributed by atoms with Gasteiger partial charge in [-0.1, -0.05) is 216 Å². The molecule has 0 saturated carbocycles. The molecule has 104 heavy (non-hydrogen) atoms. The summed E-state index contributed by atoms with van der Waals surface area (Å²) in [7, 11) is 9.08. The second kappa shape index (κ2) is 53.9. The Morgan fingerprint density at radius 1 is 0.433 bits per heavy atom. The number of carbonyl (C=O) groups excluding carboxylic acids is 3. The number of Topliss-reactive ketones (excluding diaryl/α,β-unsaturated/α-hetero) is 2. The van der Waals surface area contributed by atoms with Crippen LogP contribution in [0.2, 0.25) is 0 Å². The molecule has 572 valence electrons. The number of likely N-dealkylation sites (N-methyl/N-ethyl adjacent to an activating group) is 2. The normalized spacial score (nSPS) is 17.7. The van der Waals surface area contributed by atoms with Crippen LogP contribution in [0.4, 0.5) is 0 Å². The van der Waals surface area contributed by atoms with E-state index in [9.17, 15) is 19.2 Å². The minimum atomic E-state index is -0.685. The van der Waals surface area contributed by atoms with Crippen molar-refractivity contribution >= 4 is 103 Å². The monoisotopic (exact) mass is 1750 g/mol. The van der Waals surface area contributed by atoms with Crippen LogP contribution in [0.3, 0.4) is 0 Å². The van der Waals surface area contributed by atoms with Gasteiger partial charge >= 0.3 is 11.9 Å². The number of carboxylic acids is 1. The maximum absolute atomic E-state index is 11.9. The van der Waals surface area contributed by atoms with Gasteiger partial charge in [0.1, 0.15) is 29.6 Å². The second-order valence-corrected chi connectivity index (χ2v) is 28.0. The molecule has 8 heterocycles. The third-order valence-corrected chi connectivity index (χ3v) is 19.6. The van der Waals surface area contributed by atoms with Gasteiger partial charge in [-0.25, -0.2) is 15.0 Å². The highest BCUT2D eigenvalue weighted by Gasteiger charge is 2.31. The van der Waals surface area contributed by atoms with Gasteiger partial charge in [-0.3, -0.25) is 38.8 Å². The molecule has 0 aliphatic carbocycles. The number of hydrogen-bond acceptors (Lipinski definition) is 14. The van der Waals surface area contributed by atoms with Crippen molar-refractivity contribution in [1.82, 2.24) is 54.8 Å². The number of hydrogen-bond donors (Lipinski definition) is 6. The summed E-state index contributed by atoms with van der Waals surface area (Å²) in [5, 5.41) is 19.0. The van der Waals surface area contributed by atoms with Crippen LogP contribution in [-0.4, -0.2) is 170 Å². The molecule has 5 fully saturated rings. The van der Waals surface area contributed by atoms with Crippen LogP contribution in [0.25, 0.3) is 33.8 Å². The van der Waals surface area contributed by atoms with Gasteiger partial charge in [0, 0.05) is 47.0 Å². The molecule has 0 spiro atoms. The zero-order chi connectivity index (χ0) is 77.7. The second-order valence-electron chi connectivity index (χ2n) is 23.4. The summed E-state index contributed by atoms with van der Waals surface area (Å²) in [6.45, 7) is 26.9. The molecular formula is C81H116Br5N11O7. The summed E-state index contributed by atoms with van der Waals surface area (Å²) in [4.78, 5) is 77.6. The molecule has 18 nitrogen and oxygen atoms in total. The minimum Gasteiger partial charge on any atom is -0.480 e. The molecule has 5 saturated heterocycles. The number of carboxylic acid groups (broad SMARTS) is 1. The van der Waals surface area contributed by atoms with Crippen molar-refractivity contribution in [1.29, 1.82) is 0 Å². The predicted molar refractivity (Wildman–Crippen MR) is 446 cm³/mol. The van der Waals surface area contributed by atoms with E-state index >= 15 is 0 Å². The van der Waals surface area contributed by atoms with Crippen LogP contribution in [-0.2, 0) is 14.3 Å². The largest absolute Gasteiger partial charge is 0.480 e. The summed E-state index contributed by atoms with van der Waals surface area (Å²) >= 11 is 17.0. The van der Waals surface area contributed by atoms with Gasteiger partial charge in [0.2, 0.25) is 0 Å². The van der Waals surface area contributed by atoms with Gasteiger partial charge in [-0.15, -0.1) is 0 Å². The zero-order valence-corrected chi connectivity index (χ0v) is 72.1. The summed E-state index contributed by atoms with van der Waals surface area (Å²) in [5.74, 6) is 2.26. The standard InChI is InChI=1S/2C14H16BrN3.C14H16BrNO3.C13H14BrN3.C9H9BrO.C6H11NO2.5C2H6.CH4O/c2*1-18-8-2-3-13(18)14-16-9-12(17-14)10-4-6-11(15)7-5-10;1-16-8-2-3-12(16)14(18)19-9-13(17)10-4-6-11(15)7-5-10;14-10-5-3-9(4-6-10)12-8-16-13(17-12)11-2-1-7-15-11;1-2-9(11)7-3-5-8(10)6-4-7;1-7-4-2-3-5(7)6(8)9;6*1-2/h2*4-7,9,13H,2-3,8H2,1H3,(H,16,17);4-7,12H,2-3,8-9H2,1H3;3-6,8,11,15H,1-2,7H2,(H,16,17);3-6H,2H2,1H3;5H,2-4H2,1H3,(H,8,9);5*1-2H3;2H,1H3/t2*13-;12-;11-;;5-;;;;;;/m0000.0....../s1. The highest BCUT2D eigenvalue weighted by atomic mass is 79.9. The molecule has 5 aliphatic heterocycles. The van der Waals surface area contributed by atoms with E-state index in [1.807, 2.05) is 155 Å². The van der Waals surface area contributed by atoms with E-state index in [1.165, 1.54) is 68.3 Å². The number of nitrogens with one attached hydrogen (secondary N) is 4. The van der Waals surface area contributed by atoms with Gasteiger partial charge in [-0.05, 0) is 202 Å². The lowest BCUT2D eigenvalue weighted by molar-refractivity contribution is -0.147. The molecule has 0 bridgehead atoms. The number of rotatable bonds is 13. The summed E-state index contributed by atoms with van der Waals surface area (Å²) < 4.78 is 10.3. The van der Waals surface area contributed by atoms with Gasteiger partial charge in [0.15, 0.2) is 18.2 Å². The van der Waals surface area contributed by atoms with Crippen molar-refractivity contribution in [2.24, 2.45) is 0 Å². The molecule has 0 amide bonds. The van der Waals surface area contributed by atoms with Crippen LogP contribution in [0, 0.1) is 0 Å².